The van der Waals surface area contributed by atoms with E-state index in [-0.39, 0.29) is 15.9 Å². The summed E-state index contributed by atoms with van der Waals surface area (Å²) in [5, 5.41) is 2.55. The molecule has 1 atom stereocenters. The first-order valence-electron chi connectivity index (χ1n) is 10.1. The van der Waals surface area contributed by atoms with Gasteiger partial charge in [-0.05, 0) is 42.5 Å². The maximum Gasteiger partial charge on any atom is 0.253 e. The molecule has 0 radical (unpaired) electrons. The van der Waals surface area contributed by atoms with Crippen molar-refractivity contribution in [3.8, 4) is 0 Å². The van der Waals surface area contributed by atoms with Crippen LogP contribution in [-0.2, 0) is 14.8 Å². The van der Waals surface area contributed by atoms with Gasteiger partial charge in [0.05, 0.1) is 10.2 Å². The molecule has 11 heteroatoms. The molecule has 3 aromatic rings. The van der Waals surface area contributed by atoms with Crippen LogP contribution in [0.25, 0.3) is 10.2 Å². The summed E-state index contributed by atoms with van der Waals surface area (Å²) in [7, 11) is -3.65. The van der Waals surface area contributed by atoms with Crippen LogP contribution in [0.5, 0.6) is 0 Å². The van der Waals surface area contributed by atoms with Crippen LogP contribution in [0.3, 0.4) is 0 Å². The number of carbonyl (C=O) groups is 1. The number of rotatable bonds is 4. The van der Waals surface area contributed by atoms with Crippen LogP contribution in [0.4, 0.5) is 9.52 Å². The number of amides is 1. The highest BCUT2D eigenvalue weighted by atomic mass is 32.2. The molecule has 164 valence electrons. The van der Waals surface area contributed by atoms with Crippen molar-refractivity contribution in [1.82, 2.24) is 14.2 Å². The lowest BCUT2D eigenvalue weighted by Crippen LogP contribution is -2.54. The molecule has 31 heavy (non-hydrogen) atoms. The molecule has 1 aromatic carbocycles. The summed E-state index contributed by atoms with van der Waals surface area (Å²) < 4.78 is 41.8. The summed E-state index contributed by atoms with van der Waals surface area (Å²) in [5.41, 5.74) is 0.764. The summed E-state index contributed by atoms with van der Waals surface area (Å²) in [4.78, 5) is 21.6. The molecular weight excluding hydrogens is 459 g/mol. The van der Waals surface area contributed by atoms with Crippen molar-refractivity contribution in [1.29, 1.82) is 0 Å². The van der Waals surface area contributed by atoms with E-state index in [1.165, 1.54) is 39.1 Å². The van der Waals surface area contributed by atoms with Crippen molar-refractivity contribution in [2.24, 2.45) is 0 Å². The molecule has 2 aliphatic rings. The highest BCUT2D eigenvalue weighted by Gasteiger charge is 2.42. The van der Waals surface area contributed by atoms with Gasteiger partial charge in [-0.15, -0.1) is 11.3 Å². The van der Waals surface area contributed by atoms with Crippen molar-refractivity contribution in [2.75, 3.05) is 37.6 Å². The third-order valence-electron chi connectivity index (χ3n) is 5.75. The highest BCUT2D eigenvalue weighted by Crippen LogP contribution is 2.32. The van der Waals surface area contributed by atoms with Crippen LogP contribution in [0, 0.1) is 5.82 Å². The summed E-state index contributed by atoms with van der Waals surface area (Å²) in [5.74, 6) is -0.402. The predicted octanol–water partition coefficient (Wildman–Crippen LogP) is 3.00. The summed E-state index contributed by atoms with van der Waals surface area (Å²) in [6.45, 7) is 2.61. The van der Waals surface area contributed by atoms with Gasteiger partial charge in [-0.2, -0.15) is 4.31 Å². The van der Waals surface area contributed by atoms with Crippen LogP contribution in [0.15, 0.2) is 39.9 Å². The number of aromatic nitrogens is 1. The van der Waals surface area contributed by atoms with E-state index in [9.17, 15) is 17.6 Å². The Labute approximate surface area is 187 Å². The van der Waals surface area contributed by atoms with Gasteiger partial charge in [0.1, 0.15) is 16.1 Å². The number of anilines is 1. The average Bonchev–Trinajstić information content (AvgIpc) is 3.53. The molecule has 0 spiro atoms. The van der Waals surface area contributed by atoms with Gasteiger partial charge in [-0.3, -0.25) is 4.79 Å². The summed E-state index contributed by atoms with van der Waals surface area (Å²) in [6, 6.07) is 7.22. The first kappa shape index (κ1) is 20.8. The van der Waals surface area contributed by atoms with E-state index < -0.39 is 16.1 Å². The van der Waals surface area contributed by atoms with Gasteiger partial charge in [-0.25, -0.2) is 17.8 Å². The molecule has 0 unspecified atom stereocenters. The number of thiophene rings is 1. The Balaban J connectivity index is 1.27. The van der Waals surface area contributed by atoms with Crippen LogP contribution >= 0.6 is 22.7 Å². The minimum atomic E-state index is -3.65. The Morgan fingerprint density at radius 2 is 1.94 bits per heavy atom. The number of hydrogen-bond acceptors (Lipinski definition) is 7. The molecule has 0 aliphatic carbocycles. The Hall–Kier alpha value is -2.08. The molecule has 0 bridgehead atoms. The van der Waals surface area contributed by atoms with Gasteiger partial charge >= 0.3 is 0 Å². The van der Waals surface area contributed by atoms with E-state index in [0.717, 1.165) is 15.3 Å². The fourth-order valence-electron chi connectivity index (χ4n) is 4.15. The quantitative estimate of drug-likeness (QED) is 0.574. The molecule has 5 rings (SSSR count). The molecule has 0 N–H and O–H groups in total. The second kappa shape index (κ2) is 8.12. The van der Waals surface area contributed by atoms with Crippen molar-refractivity contribution >= 4 is 54.0 Å². The third kappa shape index (κ3) is 3.84. The lowest BCUT2D eigenvalue weighted by atomic mass is 10.2. The van der Waals surface area contributed by atoms with Crippen LogP contribution < -0.4 is 4.90 Å². The number of nitrogens with zero attached hydrogens (tertiary/aromatic N) is 4. The van der Waals surface area contributed by atoms with E-state index in [0.29, 0.717) is 45.6 Å². The van der Waals surface area contributed by atoms with Gasteiger partial charge in [-0.1, -0.05) is 17.4 Å². The first-order chi connectivity index (χ1) is 14.9. The third-order valence-corrected chi connectivity index (χ3v) is 10.1. The normalized spacial score (nSPS) is 20.6. The van der Waals surface area contributed by atoms with Crippen molar-refractivity contribution in [2.45, 2.75) is 23.1 Å². The number of carbonyl (C=O) groups excluding carboxylic acids is 1. The molecule has 2 saturated heterocycles. The smallest absolute Gasteiger partial charge is 0.253 e. The van der Waals surface area contributed by atoms with E-state index in [1.54, 1.807) is 28.5 Å². The summed E-state index contributed by atoms with van der Waals surface area (Å²) >= 11 is 2.62. The van der Waals surface area contributed by atoms with E-state index >= 15 is 0 Å². The molecule has 2 fully saturated rings. The second-order valence-electron chi connectivity index (χ2n) is 7.63. The molecule has 0 saturated carbocycles. The van der Waals surface area contributed by atoms with Crippen LogP contribution in [0.1, 0.15) is 12.8 Å². The standard InChI is InChI=1S/C20H21FN4O3S3/c21-14-5-6-15-17(13-14)30-20(22-15)24-10-8-23(9-11-24)19(26)16-3-1-7-25(16)31(27,28)18-4-2-12-29-18/h2,4-6,12-13,16H,1,3,7-11H2/t16-/m1/s1. The zero-order valence-electron chi connectivity index (χ0n) is 16.6. The van der Waals surface area contributed by atoms with E-state index in [1.807, 2.05) is 0 Å². The molecular formula is C20H21FN4O3S3. The van der Waals surface area contributed by atoms with Gasteiger partial charge in [0.25, 0.3) is 10.0 Å². The zero-order chi connectivity index (χ0) is 21.6. The van der Waals surface area contributed by atoms with Crippen molar-refractivity contribution < 1.29 is 17.6 Å². The average molecular weight is 481 g/mol. The Morgan fingerprint density at radius 1 is 1.13 bits per heavy atom. The Morgan fingerprint density at radius 3 is 2.68 bits per heavy atom. The lowest BCUT2D eigenvalue weighted by molar-refractivity contribution is -0.134. The molecule has 2 aromatic heterocycles. The van der Waals surface area contributed by atoms with E-state index in [2.05, 4.69) is 9.88 Å². The Kier molecular flexibility index (Phi) is 5.45. The predicted molar refractivity (Wildman–Crippen MR) is 120 cm³/mol. The monoisotopic (exact) mass is 480 g/mol. The zero-order valence-corrected chi connectivity index (χ0v) is 19.1. The van der Waals surface area contributed by atoms with Gasteiger partial charge in [0.2, 0.25) is 5.91 Å². The molecule has 2 aliphatic heterocycles. The number of piperazine rings is 1. The largest absolute Gasteiger partial charge is 0.345 e. The highest BCUT2D eigenvalue weighted by molar-refractivity contribution is 7.91. The Bertz CT molecular complexity index is 1200. The minimum Gasteiger partial charge on any atom is -0.345 e. The van der Waals surface area contributed by atoms with Gasteiger partial charge < -0.3 is 9.80 Å². The number of halogens is 1. The number of hydrogen-bond donors (Lipinski definition) is 0. The number of sulfonamides is 1. The van der Waals surface area contributed by atoms with Crippen molar-refractivity contribution in [3.05, 3.63) is 41.5 Å². The van der Waals surface area contributed by atoms with Crippen LogP contribution in [0.2, 0.25) is 0 Å². The molecule has 7 nitrogen and oxygen atoms in total. The SMILES string of the molecule is O=C([C@H]1CCCN1S(=O)(=O)c1cccs1)N1CCN(c2nc3ccc(F)cc3s2)CC1. The fourth-order valence-corrected chi connectivity index (χ4v) is 7.96. The number of fused-ring (bicyclic) bond motifs is 1. The van der Waals surface area contributed by atoms with Gasteiger partial charge in [0, 0.05) is 32.7 Å². The maximum absolute atomic E-state index is 13.5. The number of benzene rings is 1. The topological polar surface area (TPSA) is 73.8 Å². The van der Waals surface area contributed by atoms with Crippen molar-refractivity contribution in [3.63, 3.8) is 0 Å². The maximum atomic E-state index is 13.5. The van der Waals surface area contributed by atoms with Gasteiger partial charge in [0.15, 0.2) is 5.13 Å². The molecule has 1 amide bonds. The fraction of sp³-hybridized carbons (Fsp3) is 0.400. The summed E-state index contributed by atoms with van der Waals surface area (Å²) in [6.07, 6.45) is 1.23. The van der Waals surface area contributed by atoms with E-state index in [4.69, 9.17) is 0 Å². The first-order valence-corrected chi connectivity index (χ1v) is 13.2. The minimum absolute atomic E-state index is 0.122. The second-order valence-corrected chi connectivity index (χ2v) is 11.7. The number of thiazole rings is 1. The lowest BCUT2D eigenvalue weighted by Gasteiger charge is -2.37. The molecule has 4 heterocycles. The van der Waals surface area contributed by atoms with Crippen LogP contribution in [-0.4, -0.2) is 67.3 Å².